The van der Waals surface area contributed by atoms with Crippen LogP contribution in [0.2, 0.25) is 0 Å². The van der Waals surface area contributed by atoms with Crippen molar-refractivity contribution in [3.8, 4) is 5.75 Å². The maximum absolute atomic E-state index is 9.85. The van der Waals surface area contributed by atoms with Gasteiger partial charge in [0.2, 0.25) is 0 Å². The lowest BCUT2D eigenvalue weighted by Crippen LogP contribution is -2.40. The van der Waals surface area contributed by atoms with Crippen LogP contribution in [0.25, 0.3) is 0 Å². The van der Waals surface area contributed by atoms with Gasteiger partial charge in [-0.2, -0.15) is 0 Å². The summed E-state index contributed by atoms with van der Waals surface area (Å²) in [5.74, 6) is -0.0686. The molecule has 0 bridgehead atoms. The molecule has 0 saturated heterocycles. The Labute approximate surface area is 125 Å². The zero-order chi connectivity index (χ0) is 15.3. The molecular weight excluding hydrogens is 276 g/mol. The second-order valence-corrected chi connectivity index (χ2v) is 4.81. The summed E-state index contributed by atoms with van der Waals surface area (Å²) in [5, 5.41) is 29.1. The maximum Gasteiger partial charge on any atom is 0.175 e. The summed E-state index contributed by atoms with van der Waals surface area (Å²) in [6.45, 7) is 5.07. The Morgan fingerprint density at radius 1 is 1.10 bits per heavy atom. The van der Waals surface area contributed by atoms with E-state index >= 15 is 0 Å². The molecule has 6 heteroatoms. The topological polar surface area (TPSA) is 67.2 Å². The number of aromatic hydroxyl groups is 1. The van der Waals surface area contributed by atoms with E-state index in [0.717, 1.165) is 18.8 Å². The highest BCUT2D eigenvalue weighted by atomic mass is 32.1. The standard InChI is InChI=1S/C14H22N2O3S/c1-4-16(5-2)14(20)15(3)12-6-10(8-17)13(19)11(7-12)9-18/h6-7,17-19H,4-5,8-9H2,1-3H3. The Bertz CT molecular complexity index is 450. The minimum absolute atomic E-state index is 0.0686. The fourth-order valence-corrected chi connectivity index (χ4v) is 2.36. The Hall–Kier alpha value is -1.37. The molecule has 0 saturated carbocycles. The Balaban J connectivity index is 3.15. The van der Waals surface area contributed by atoms with Crippen molar-refractivity contribution in [2.45, 2.75) is 27.1 Å². The minimum atomic E-state index is -0.293. The van der Waals surface area contributed by atoms with Gasteiger partial charge in [0, 0.05) is 37.0 Å². The first kappa shape index (κ1) is 16.7. The van der Waals surface area contributed by atoms with Crippen molar-refractivity contribution in [2.75, 3.05) is 25.0 Å². The Morgan fingerprint density at radius 3 is 1.90 bits per heavy atom. The van der Waals surface area contributed by atoms with Crippen LogP contribution in [0.1, 0.15) is 25.0 Å². The van der Waals surface area contributed by atoms with Gasteiger partial charge < -0.3 is 25.1 Å². The van der Waals surface area contributed by atoms with E-state index in [1.54, 1.807) is 17.0 Å². The molecule has 0 atom stereocenters. The van der Waals surface area contributed by atoms with E-state index in [9.17, 15) is 15.3 Å². The summed E-state index contributed by atoms with van der Waals surface area (Å²) < 4.78 is 0. The number of aliphatic hydroxyl groups excluding tert-OH is 2. The normalized spacial score (nSPS) is 10.4. The number of hydrogen-bond donors (Lipinski definition) is 3. The van der Waals surface area contributed by atoms with Crippen LogP contribution in [-0.4, -0.2) is 45.5 Å². The minimum Gasteiger partial charge on any atom is -0.507 e. The third kappa shape index (κ3) is 3.39. The average Bonchev–Trinajstić information content (AvgIpc) is 2.47. The van der Waals surface area contributed by atoms with Crippen LogP contribution in [0.15, 0.2) is 12.1 Å². The molecule has 0 aliphatic carbocycles. The molecule has 0 aliphatic rings. The lowest BCUT2D eigenvalue weighted by molar-refractivity contribution is 0.264. The van der Waals surface area contributed by atoms with E-state index in [2.05, 4.69) is 0 Å². The average molecular weight is 298 g/mol. The largest absolute Gasteiger partial charge is 0.507 e. The van der Waals surface area contributed by atoms with Crippen molar-refractivity contribution < 1.29 is 15.3 Å². The number of aliphatic hydroxyl groups is 2. The van der Waals surface area contributed by atoms with Crippen LogP contribution in [0.4, 0.5) is 5.69 Å². The first-order chi connectivity index (χ1) is 9.49. The number of nitrogens with zero attached hydrogens (tertiary/aromatic N) is 2. The van der Waals surface area contributed by atoms with E-state index in [4.69, 9.17) is 12.2 Å². The number of phenols is 1. The zero-order valence-corrected chi connectivity index (χ0v) is 12.9. The molecule has 20 heavy (non-hydrogen) atoms. The van der Waals surface area contributed by atoms with Gasteiger partial charge in [0.05, 0.1) is 13.2 Å². The highest BCUT2D eigenvalue weighted by molar-refractivity contribution is 7.80. The molecule has 1 rings (SSSR count). The van der Waals surface area contributed by atoms with Crippen molar-refractivity contribution >= 4 is 23.0 Å². The van der Waals surface area contributed by atoms with Gasteiger partial charge in [-0.3, -0.25) is 0 Å². The number of anilines is 1. The van der Waals surface area contributed by atoms with Crippen LogP contribution in [0.3, 0.4) is 0 Å². The summed E-state index contributed by atoms with van der Waals surface area (Å²) >= 11 is 5.43. The smallest absolute Gasteiger partial charge is 0.175 e. The fourth-order valence-electron chi connectivity index (χ4n) is 1.99. The fraction of sp³-hybridized carbons (Fsp3) is 0.500. The molecule has 0 spiro atoms. The van der Waals surface area contributed by atoms with Gasteiger partial charge in [0.25, 0.3) is 0 Å². The van der Waals surface area contributed by atoms with Crippen molar-refractivity contribution in [2.24, 2.45) is 0 Å². The van der Waals surface area contributed by atoms with Crippen LogP contribution < -0.4 is 4.90 Å². The van der Waals surface area contributed by atoms with Crippen molar-refractivity contribution in [1.82, 2.24) is 4.90 Å². The molecule has 1 aromatic carbocycles. The predicted molar refractivity (Wildman–Crippen MR) is 83.9 cm³/mol. The number of thiocarbonyl (C=S) groups is 1. The summed E-state index contributed by atoms with van der Waals surface area (Å²) in [5.41, 5.74) is 1.48. The molecule has 0 aliphatic heterocycles. The summed E-state index contributed by atoms with van der Waals surface area (Å²) in [4.78, 5) is 3.83. The predicted octanol–water partition coefficient (Wildman–Crippen LogP) is 1.44. The van der Waals surface area contributed by atoms with Crippen LogP contribution in [0, 0.1) is 0 Å². The molecule has 3 N–H and O–H groups in total. The van der Waals surface area contributed by atoms with Crippen LogP contribution in [0.5, 0.6) is 5.75 Å². The lowest BCUT2D eigenvalue weighted by atomic mass is 10.1. The highest BCUT2D eigenvalue weighted by Crippen LogP contribution is 2.29. The molecule has 112 valence electrons. The monoisotopic (exact) mass is 298 g/mol. The highest BCUT2D eigenvalue weighted by Gasteiger charge is 2.16. The second kappa shape index (κ2) is 7.42. The van der Waals surface area contributed by atoms with Gasteiger partial charge in [-0.15, -0.1) is 0 Å². The molecule has 1 aromatic rings. The lowest BCUT2D eigenvalue weighted by Gasteiger charge is -2.30. The van der Waals surface area contributed by atoms with E-state index in [1.807, 2.05) is 25.8 Å². The molecule has 0 heterocycles. The quantitative estimate of drug-likeness (QED) is 0.715. The van der Waals surface area contributed by atoms with Gasteiger partial charge in [-0.1, -0.05) is 0 Å². The van der Waals surface area contributed by atoms with Crippen LogP contribution >= 0.6 is 12.2 Å². The summed E-state index contributed by atoms with van der Waals surface area (Å²) in [6.07, 6.45) is 0. The third-order valence-electron chi connectivity index (χ3n) is 3.30. The molecule has 0 radical (unpaired) electrons. The Kier molecular flexibility index (Phi) is 6.19. The first-order valence-electron chi connectivity index (χ1n) is 6.59. The van der Waals surface area contributed by atoms with Gasteiger partial charge in [-0.25, -0.2) is 0 Å². The summed E-state index contributed by atoms with van der Waals surface area (Å²) in [7, 11) is 1.83. The molecular formula is C14H22N2O3S. The molecule has 0 aromatic heterocycles. The van der Waals surface area contributed by atoms with Crippen molar-refractivity contribution in [3.05, 3.63) is 23.3 Å². The molecule has 0 unspecified atom stereocenters. The van der Waals surface area contributed by atoms with Crippen molar-refractivity contribution in [3.63, 3.8) is 0 Å². The van der Waals surface area contributed by atoms with Crippen molar-refractivity contribution in [1.29, 1.82) is 0 Å². The van der Waals surface area contributed by atoms with Gasteiger partial charge in [-0.05, 0) is 38.2 Å². The third-order valence-corrected chi connectivity index (χ3v) is 3.83. The van der Waals surface area contributed by atoms with Gasteiger partial charge in [0.1, 0.15) is 5.75 Å². The molecule has 0 fully saturated rings. The van der Waals surface area contributed by atoms with E-state index in [-0.39, 0.29) is 19.0 Å². The van der Waals surface area contributed by atoms with E-state index in [0.29, 0.717) is 16.2 Å². The van der Waals surface area contributed by atoms with Crippen LogP contribution in [-0.2, 0) is 13.2 Å². The zero-order valence-electron chi connectivity index (χ0n) is 12.1. The summed E-state index contributed by atoms with van der Waals surface area (Å²) in [6, 6.07) is 3.34. The first-order valence-corrected chi connectivity index (χ1v) is 6.99. The SMILES string of the molecule is CCN(CC)C(=S)N(C)c1cc(CO)c(O)c(CO)c1. The Morgan fingerprint density at radius 2 is 1.55 bits per heavy atom. The maximum atomic E-state index is 9.85. The number of rotatable bonds is 5. The van der Waals surface area contributed by atoms with E-state index < -0.39 is 0 Å². The molecule has 5 nitrogen and oxygen atoms in total. The molecule has 0 amide bonds. The van der Waals surface area contributed by atoms with Gasteiger partial charge >= 0.3 is 0 Å². The number of benzene rings is 1. The van der Waals surface area contributed by atoms with Gasteiger partial charge in [0.15, 0.2) is 5.11 Å². The van der Waals surface area contributed by atoms with E-state index in [1.165, 1.54) is 0 Å². The second-order valence-electron chi connectivity index (χ2n) is 4.44. The number of hydrogen-bond acceptors (Lipinski definition) is 4.